The number of nitrogens with zero attached hydrogens (tertiary/aromatic N) is 1. The number of fused-ring (bicyclic) bond motifs is 1. The van der Waals surface area contributed by atoms with Crippen LogP contribution in [0.15, 0.2) is 97.1 Å². The Hall–Kier alpha value is -3.97. The van der Waals surface area contributed by atoms with Gasteiger partial charge in [0.1, 0.15) is 18.1 Å². The molecule has 0 aromatic heterocycles. The minimum Gasteiger partial charge on any atom is -0.494 e. The number of nitrogens with one attached hydrogen (secondary N) is 1. The van der Waals surface area contributed by atoms with Gasteiger partial charge in [0.2, 0.25) is 0 Å². The first-order valence-corrected chi connectivity index (χ1v) is 15.6. The average molecular weight is 601 g/mol. The highest BCUT2D eigenvalue weighted by Gasteiger charge is 2.32. The summed E-state index contributed by atoms with van der Waals surface area (Å²) in [6.07, 6.45) is 1.87. The summed E-state index contributed by atoms with van der Waals surface area (Å²) in [5, 5.41) is 3.57. The molecule has 6 rings (SSSR count). The van der Waals surface area contributed by atoms with Gasteiger partial charge in [-0.3, -0.25) is 0 Å². The monoisotopic (exact) mass is 600 g/mol. The Labute approximate surface area is 257 Å². The highest BCUT2D eigenvalue weighted by atomic mass is 19.4. The van der Waals surface area contributed by atoms with Gasteiger partial charge in [-0.25, -0.2) is 0 Å². The number of rotatable bonds is 10. The lowest BCUT2D eigenvalue weighted by Gasteiger charge is -2.39. The molecule has 2 aliphatic heterocycles. The molecule has 2 aliphatic rings. The molecule has 0 aliphatic carbocycles. The second-order valence-electron chi connectivity index (χ2n) is 11.8. The zero-order valence-corrected chi connectivity index (χ0v) is 24.9. The number of hydrogen-bond donors (Lipinski definition) is 1. The molecule has 2 atom stereocenters. The van der Waals surface area contributed by atoms with E-state index in [9.17, 15) is 13.2 Å². The Kier molecular flexibility index (Phi) is 9.41. The standard InChI is InChI=1S/C37H39F3N2O2/c38-37(39,40)30-11-13-32(14-12-30)42-22-19-29-25-34(44-26-28-6-2-1-3-7-28)17-18-35(29)36(42)24-27-9-15-33(16-10-27)43-23-20-31-8-4-5-21-41-31/h1-3,6-7,9-18,25,31,36,41H,4-5,8,19-24,26H2. The molecular weight excluding hydrogens is 561 g/mol. The number of ether oxygens (including phenoxy) is 2. The van der Waals surface area contributed by atoms with Crippen LogP contribution < -0.4 is 19.7 Å². The van der Waals surface area contributed by atoms with Gasteiger partial charge in [0, 0.05) is 18.3 Å². The minimum absolute atomic E-state index is 0.0391. The summed E-state index contributed by atoms with van der Waals surface area (Å²) in [5.74, 6) is 1.67. The van der Waals surface area contributed by atoms with Gasteiger partial charge < -0.3 is 19.7 Å². The molecule has 0 saturated carbocycles. The molecule has 0 amide bonds. The molecule has 1 saturated heterocycles. The Morgan fingerprint density at radius 2 is 1.57 bits per heavy atom. The zero-order valence-electron chi connectivity index (χ0n) is 24.9. The van der Waals surface area contributed by atoms with Crippen LogP contribution in [0, 0.1) is 0 Å². The summed E-state index contributed by atoms with van der Waals surface area (Å²) in [6.45, 7) is 2.96. The van der Waals surface area contributed by atoms with Crippen LogP contribution in [-0.4, -0.2) is 25.7 Å². The predicted molar refractivity (Wildman–Crippen MR) is 168 cm³/mol. The van der Waals surface area contributed by atoms with Crippen molar-refractivity contribution in [2.45, 2.75) is 63.4 Å². The largest absolute Gasteiger partial charge is 0.494 e. The van der Waals surface area contributed by atoms with Crippen LogP contribution in [0.25, 0.3) is 0 Å². The molecular formula is C37H39F3N2O2. The SMILES string of the molecule is FC(F)(F)c1ccc(N2CCc3cc(OCc4ccccc4)ccc3C2Cc2ccc(OCCC3CCCCN3)cc2)cc1. The van der Waals surface area contributed by atoms with Crippen LogP contribution in [-0.2, 0) is 25.6 Å². The zero-order chi connectivity index (χ0) is 30.4. The Morgan fingerprint density at radius 3 is 2.30 bits per heavy atom. The van der Waals surface area contributed by atoms with E-state index in [0.29, 0.717) is 32.2 Å². The first-order chi connectivity index (χ1) is 21.4. The number of hydrogen-bond acceptors (Lipinski definition) is 4. The molecule has 0 spiro atoms. The maximum Gasteiger partial charge on any atom is 0.416 e. The maximum absolute atomic E-state index is 13.3. The molecule has 7 heteroatoms. The van der Waals surface area contributed by atoms with Gasteiger partial charge in [-0.15, -0.1) is 0 Å². The van der Waals surface area contributed by atoms with Gasteiger partial charge in [-0.2, -0.15) is 13.2 Å². The van der Waals surface area contributed by atoms with Crippen LogP contribution in [0.3, 0.4) is 0 Å². The molecule has 2 heterocycles. The van der Waals surface area contributed by atoms with E-state index in [1.807, 2.05) is 48.5 Å². The van der Waals surface area contributed by atoms with Crippen molar-refractivity contribution >= 4 is 5.69 Å². The van der Waals surface area contributed by atoms with E-state index in [0.717, 1.165) is 47.7 Å². The van der Waals surface area contributed by atoms with Crippen molar-refractivity contribution in [1.82, 2.24) is 5.32 Å². The summed E-state index contributed by atoms with van der Waals surface area (Å²) in [6, 6.07) is 30.6. The van der Waals surface area contributed by atoms with E-state index >= 15 is 0 Å². The molecule has 44 heavy (non-hydrogen) atoms. The molecule has 2 unspecified atom stereocenters. The summed E-state index contributed by atoms with van der Waals surface area (Å²) in [7, 11) is 0. The second-order valence-corrected chi connectivity index (χ2v) is 11.8. The van der Waals surface area contributed by atoms with Gasteiger partial charge >= 0.3 is 6.18 Å². The van der Waals surface area contributed by atoms with E-state index in [-0.39, 0.29) is 6.04 Å². The lowest BCUT2D eigenvalue weighted by molar-refractivity contribution is -0.137. The normalized spacial score (nSPS) is 18.5. The first kappa shape index (κ1) is 30.1. The first-order valence-electron chi connectivity index (χ1n) is 15.6. The lowest BCUT2D eigenvalue weighted by Crippen LogP contribution is -2.36. The van der Waals surface area contributed by atoms with Crippen molar-refractivity contribution in [3.63, 3.8) is 0 Å². The highest BCUT2D eigenvalue weighted by Crippen LogP contribution is 2.39. The van der Waals surface area contributed by atoms with Crippen molar-refractivity contribution in [2.24, 2.45) is 0 Å². The summed E-state index contributed by atoms with van der Waals surface area (Å²) >= 11 is 0. The van der Waals surface area contributed by atoms with Crippen molar-refractivity contribution in [3.05, 3.63) is 125 Å². The maximum atomic E-state index is 13.3. The third-order valence-corrected chi connectivity index (χ3v) is 8.75. The number of halogens is 3. The highest BCUT2D eigenvalue weighted by molar-refractivity contribution is 5.55. The summed E-state index contributed by atoms with van der Waals surface area (Å²) < 4.78 is 52.1. The van der Waals surface area contributed by atoms with E-state index < -0.39 is 11.7 Å². The fourth-order valence-corrected chi connectivity index (χ4v) is 6.32. The summed E-state index contributed by atoms with van der Waals surface area (Å²) in [4.78, 5) is 2.23. The molecule has 0 bridgehead atoms. The van der Waals surface area contributed by atoms with E-state index in [4.69, 9.17) is 9.47 Å². The molecule has 0 radical (unpaired) electrons. The number of piperidine rings is 1. The van der Waals surface area contributed by atoms with Crippen LogP contribution >= 0.6 is 0 Å². The molecule has 4 nitrogen and oxygen atoms in total. The Bertz CT molecular complexity index is 1480. The number of anilines is 1. The average Bonchev–Trinajstić information content (AvgIpc) is 3.05. The minimum atomic E-state index is -4.36. The van der Waals surface area contributed by atoms with Crippen molar-refractivity contribution < 1.29 is 22.6 Å². The fraction of sp³-hybridized carbons (Fsp3) is 0.351. The van der Waals surface area contributed by atoms with Crippen molar-refractivity contribution in [2.75, 3.05) is 24.6 Å². The van der Waals surface area contributed by atoms with Crippen molar-refractivity contribution in [3.8, 4) is 11.5 Å². The topological polar surface area (TPSA) is 33.7 Å². The van der Waals surface area contributed by atoms with E-state index in [2.05, 4.69) is 34.5 Å². The Morgan fingerprint density at radius 1 is 0.795 bits per heavy atom. The van der Waals surface area contributed by atoms with Crippen molar-refractivity contribution in [1.29, 1.82) is 0 Å². The molecule has 1 N–H and O–H groups in total. The van der Waals surface area contributed by atoms with E-state index in [1.54, 1.807) is 12.1 Å². The predicted octanol–water partition coefficient (Wildman–Crippen LogP) is 8.54. The van der Waals surface area contributed by atoms with E-state index in [1.165, 1.54) is 42.5 Å². The third-order valence-electron chi connectivity index (χ3n) is 8.75. The Balaban J connectivity index is 1.19. The van der Waals surface area contributed by atoms with Gasteiger partial charge in [0.15, 0.2) is 0 Å². The summed E-state index contributed by atoms with van der Waals surface area (Å²) in [5.41, 5.74) is 4.78. The van der Waals surface area contributed by atoms with Gasteiger partial charge in [0.05, 0.1) is 18.2 Å². The second kappa shape index (κ2) is 13.8. The molecule has 230 valence electrons. The number of benzene rings is 4. The molecule has 4 aromatic carbocycles. The van der Waals surface area contributed by atoms with Crippen LogP contribution in [0.4, 0.5) is 18.9 Å². The third kappa shape index (κ3) is 7.56. The molecule has 4 aromatic rings. The number of alkyl halides is 3. The fourth-order valence-electron chi connectivity index (χ4n) is 6.32. The van der Waals surface area contributed by atoms with Crippen LogP contribution in [0.2, 0.25) is 0 Å². The van der Waals surface area contributed by atoms with Gasteiger partial charge in [-0.1, -0.05) is 55.0 Å². The van der Waals surface area contributed by atoms with Crippen LogP contribution in [0.1, 0.15) is 59.5 Å². The van der Waals surface area contributed by atoms with Gasteiger partial charge in [0.25, 0.3) is 0 Å². The van der Waals surface area contributed by atoms with Gasteiger partial charge in [-0.05, 0) is 109 Å². The quantitative estimate of drug-likeness (QED) is 0.198. The smallest absolute Gasteiger partial charge is 0.416 e. The lowest BCUT2D eigenvalue weighted by atomic mass is 9.88. The van der Waals surface area contributed by atoms with Crippen LogP contribution in [0.5, 0.6) is 11.5 Å². The molecule has 1 fully saturated rings.